The lowest BCUT2D eigenvalue weighted by Gasteiger charge is -2.53. The first kappa shape index (κ1) is 29.4. The number of nitrogens with one attached hydrogen (secondary N) is 2. The smallest absolute Gasteiger partial charge is 0.402 e. The van der Waals surface area contributed by atoms with Crippen molar-refractivity contribution in [1.82, 2.24) is 20.4 Å². The molecule has 1 amide bonds. The minimum absolute atomic E-state index is 0.207. The van der Waals surface area contributed by atoms with Crippen LogP contribution in [0.2, 0.25) is 0 Å². The summed E-state index contributed by atoms with van der Waals surface area (Å²) in [5.41, 5.74) is 3.03. The van der Waals surface area contributed by atoms with Gasteiger partial charge in [0.25, 0.3) is 0 Å². The van der Waals surface area contributed by atoms with Gasteiger partial charge >= 0.3 is 6.09 Å². The van der Waals surface area contributed by atoms with E-state index in [-0.39, 0.29) is 11.8 Å². The van der Waals surface area contributed by atoms with Crippen LogP contribution in [0.1, 0.15) is 51.4 Å². The van der Waals surface area contributed by atoms with Crippen molar-refractivity contribution in [3.63, 3.8) is 0 Å². The SMILES string of the molecule is COC[C@@]1(CN[C@@H]2CCC[C@H](NC[C@]3(COC)C(=O)C4CCN3CC4)C2)C(=O)C2CCN1CC2.NC(=O)O. The second-order valence-electron chi connectivity index (χ2n) is 11.8. The predicted molar refractivity (Wildman–Crippen MR) is 142 cm³/mol. The lowest BCUT2D eigenvalue weighted by Crippen LogP contribution is -2.71. The summed E-state index contributed by atoms with van der Waals surface area (Å²) in [4.78, 5) is 40.1. The van der Waals surface area contributed by atoms with Crippen LogP contribution < -0.4 is 16.4 Å². The highest BCUT2D eigenvalue weighted by Gasteiger charge is 2.54. The third-order valence-corrected chi connectivity index (χ3v) is 9.67. The number of nitrogens with zero attached hydrogens (tertiary/aromatic N) is 2. The quantitative estimate of drug-likeness (QED) is 0.310. The van der Waals surface area contributed by atoms with Crippen molar-refractivity contribution in [3.05, 3.63) is 0 Å². The molecule has 6 aliphatic heterocycles. The molecule has 0 unspecified atom stereocenters. The Balaban J connectivity index is 0.000000786. The summed E-state index contributed by atoms with van der Waals surface area (Å²) in [7, 11) is 3.42. The number of carbonyl (C=O) groups excluding carboxylic acids is 2. The van der Waals surface area contributed by atoms with Crippen molar-refractivity contribution in [2.75, 3.05) is 66.7 Å². The van der Waals surface area contributed by atoms with Gasteiger partial charge in [-0.1, -0.05) is 6.42 Å². The van der Waals surface area contributed by atoms with Gasteiger partial charge < -0.3 is 30.9 Å². The normalized spacial score (nSPS) is 40.1. The third kappa shape index (κ3) is 5.93. The Morgan fingerprint density at radius 1 is 0.842 bits per heavy atom. The van der Waals surface area contributed by atoms with Gasteiger partial charge in [-0.05, 0) is 71.1 Å². The molecule has 0 aromatic heterocycles. The number of ketones is 2. The van der Waals surface area contributed by atoms with E-state index in [1.54, 1.807) is 14.2 Å². The largest absolute Gasteiger partial charge is 0.465 e. The Labute approximate surface area is 226 Å². The molecule has 216 valence electrons. The van der Waals surface area contributed by atoms with Crippen molar-refractivity contribution in [2.24, 2.45) is 17.6 Å². The van der Waals surface area contributed by atoms with E-state index in [0.717, 1.165) is 77.5 Å². The Morgan fingerprint density at radius 2 is 1.21 bits per heavy atom. The molecule has 0 spiro atoms. The molecule has 11 nitrogen and oxygen atoms in total. The number of fused-ring (bicyclic) bond motifs is 6. The van der Waals surface area contributed by atoms with Gasteiger partial charge in [0, 0.05) is 51.2 Å². The number of ether oxygens (including phenoxy) is 2. The molecular formula is C27H47N5O6. The maximum Gasteiger partial charge on any atom is 0.402 e. The molecule has 6 heterocycles. The first-order chi connectivity index (χ1) is 18.3. The molecule has 1 aliphatic carbocycles. The molecule has 4 atom stereocenters. The molecule has 6 saturated heterocycles. The maximum absolute atomic E-state index is 13.3. The summed E-state index contributed by atoms with van der Waals surface area (Å²) in [5, 5.41) is 14.8. The number of hydrogen-bond donors (Lipinski definition) is 4. The number of methoxy groups -OCH3 is 2. The zero-order valence-electron chi connectivity index (χ0n) is 23.1. The summed E-state index contributed by atoms with van der Waals surface area (Å²) in [6, 6.07) is 0.762. The summed E-state index contributed by atoms with van der Waals surface area (Å²) >= 11 is 0. The summed E-state index contributed by atoms with van der Waals surface area (Å²) < 4.78 is 11.2. The van der Waals surface area contributed by atoms with Crippen molar-refractivity contribution in [1.29, 1.82) is 0 Å². The van der Waals surface area contributed by atoms with Crippen LogP contribution >= 0.6 is 0 Å². The number of nitrogens with two attached hydrogens (primary N) is 1. The number of Topliss-reactive ketones (excluding diaryl/α,β-unsaturated/α-hetero) is 2. The van der Waals surface area contributed by atoms with Crippen LogP contribution in [0.3, 0.4) is 0 Å². The Kier molecular flexibility index (Phi) is 9.81. The molecule has 7 aliphatic rings. The van der Waals surface area contributed by atoms with Crippen LogP contribution in [0, 0.1) is 11.8 Å². The van der Waals surface area contributed by atoms with Crippen LogP contribution in [-0.2, 0) is 19.1 Å². The molecule has 0 radical (unpaired) electrons. The Bertz CT molecular complexity index is 780. The monoisotopic (exact) mass is 537 g/mol. The first-order valence-corrected chi connectivity index (χ1v) is 14.3. The van der Waals surface area contributed by atoms with E-state index in [0.29, 0.717) is 50.0 Å². The van der Waals surface area contributed by atoms with E-state index >= 15 is 0 Å². The molecule has 0 aromatic carbocycles. The van der Waals surface area contributed by atoms with E-state index in [9.17, 15) is 9.59 Å². The van der Waals surface area contributed by atoms with Gasteiger partial charge in [0.05, 0.1) is 13.2 Å². The van der Waals surface area contributed by atoms with E-state index in [2.05, 4.69) is 26.2 Å². The van der Waals surface area contributed by atoms with Gasteiger partial charge in [0.1, 0.15) is 11.1 Å². The fourth-order valence-electron chi connectivity index (χ4n) is 7.70. The average molecular weight is 538 g/mol. The fourth-order valence-corrected chi connectivity index (χ4v) is 7.70. The lowest BCUT2D eigenvalue weighted by atomic mass is 9.73. The first-order valence-electron chi connectivity index (χ1n) is 14.3. The van der Waals surface area contributed by atoms with Gasteiger partial charge in [0.15, 0.2) is 11.6 Å². The zero-order valence-corrected chi connectivity index (χ0v) is 23.1. The number of carbonyl (C=O) groups is 3. The van der Waals surface area contributed by atoms with Gasteiger partial charge in [-0.2, -0.15) is 0 Å². The van der Waals surface area contributed by atoms with Crippen molar-refractivity contribution in [2.45, 2.75) is 74.5 Å². The standard InChI is InChI=1S/C26H44N4O4.CH3NO2/c1-33-17-25(23(31)19-6-10-29(25)11-7-19)15-27-21-4-3-5-22(14-21)28-16-26(18-34-2)24(32)20-8-12-30(26)13-9-20;2-1(3)4/h19-22,27-28H,3-18H2,1-2H3;2H2,(H,3,4)/t21-,22+,25-,26-;/m0./s1. The van der Waals surface area contributed by atoms with Crippen LogP contribution in [0.25, 0.3) is 0 Å². The number of hydrogen-bond acceptors (Lipinski definition) is 9. The number of primary amides is 1. The molecule has 38 heavy (non-hydrogen) atoms. The van der Waals surface area contributed by atoms with Crippen molar-refractivity contribution in [3.8, 4) is 0 Å². The van der Waals surface area contributed by atoms with Gasteiger partial charge in [-0.3, -0.25) is 19.4 Å². The van der Waals surface area contributed by atoms with Crippen LogP contribution in [-0.4, -0.2) is 122 Å². The topological polar surface area (TPSA) is 146 Å². The predicted octanol–water partition coefficient (Wildman–Crippen LogP) is 0.460. The lowest BCUT2D eigenvalue weighted by molar-refractivity contribution is -0.153. The maximum atomic E-state index is 13.3. The molecule has 7 rings (SSSR count). The van der Waals surface area contributed by atoms with Crippen LogP contribution in [0.4, 0.5) is 4.79 Å². The number of carboxylic acid groups (broad SMARTS) is 1. The van der Waals surface area contributed by atoms with E-state index in [1.165, 1.54) is 0 Å². The molecular weight excluding hydrogens is 490 g/mol. The molecule has 1 saturated carbocycles. The van der Waals surface area contributed by atoms with E-state index < -0.39 is 17.2 Å². The van der Waals surface area contributed by atoms with Crippen molar-refractivity contribution >= 4 is 17.7 Å². The van der Waals surface area contributed by atoms with Gasteiger partial charge in [-0.25, -0.2) is 4.79 Å². The summed E-state index contributed by atoms with van der Waals surface area (Å²) in [6.45, 7) is 6.31. The zero-order chi connectivity index (χ0) is 27.3. The fraction of sp³-hybridized carbons (Fsp3) is 0.889. The van der Waals surface area contributed by atoms with Gasteiger partial charge in [-0.15, -0.1) is 0 Å². The van der Waals surface area contributed by atoms with Gasteiger partial charge in [0.2, 0.25) is 0 Å². The Morgan fingerprint density at radius 3 is 1.53 bits per heavy atom. The molecule has 7 fully saturated rings. The Hall–Kier alpha value is -1.63. The van der Waals surface area contributed by atoms with Crippen LogP contribution in [0.5, 0.6) is 0 Å². The summed E-state index contributed by atoms with van der Waals surface area (Å²) in [6.07, 6.45) is 7.12. The second kappa shape index (κ2) is 12.7. The molecule has 4 bridgehead atoms. The third-order valence-electron chi connectivity index (χ3n) is 9.67. The van der Waals surface area contributed by atoms with Crippen molar-refractivity contribution < 1.29 is 29.0 Å². The highest BCUT2D eigenvalue weighted by Crippen LogP contribution is 2.38. The minimum atomic E-state index is -1.33. The second-order valence-corrected chi connectivity index (χ2v) is 11.8. The average Bonchev–Trinajstić information content (AvgIpc) is 2.92. The molecule has 11 heteroatoms. The number of amides is 1. The number of rotatable bonds is 10. The minimum Gasteiger partial charge on any atom is -0.465 e. The van der Waals surface area contributed by atoms with E-state index in [4.69, 9.17) is 19.4 Å². The highest BCUT2D eigenvalue weighted by molar-refractivity contribution is 5.93. The highest BCUT2D eigenvalue weighted by atomic mass is 16.5. The molecule has 0 aromatic rings. The van der Waals surface area contributed by atoms with E-state index in [1.807, 2.05) is 0 Å². The molecule has 5 N–H and O–H groups in total. The summed E-state index contributed by atoms with van der Waals surface area (Å²) in [5.74, 6) is 1.17. The number of piperidine rings is 6. The van der Waals surface area contributed by atoms with Crippen LogP contribution in [0.15, 0.2) is 0 Å².